The van der Waals surface area contributed by atoms with Gasteiger partial charge < -0.3 is 14.7 Å². The Hall–Kier alpha value is -1.99. The van der Waals surface area contributed by atoms with E-state index in [1.807, 2.05) is 12.1 Å². The van der Waals surface area contributed by atoms with E-state index in [2.05, 4.69) is 9.88 Å². The Labute approximate surface area is 147 Å². The quantitative estimate of drug-likeness (QED) is 0.774. The van der Waals surface area contributed by atoms with Gasteiger partial charge >= 0.3 is 5.97 Å². The molecular weight excluding hydrogens is 322 g/mol. The lowest BCUT2D eigenvalue weighted by atomic mass is 9.81. The minimum atomic E-state index is -0.833. The SMILES string of the molecule is COCCN1C[C@H]2CN(C(=O)CCc3ccncc3)C[C@@]2(C(=O)O)C1. The summed E-state index contributed by atoms with van der Waals surface area (Å²) in [5, 5.41) is 9.82. The number of ether oxygens (including phenoxy) is 1. The summed E-state index contributed by atoms with van der Waals surface area (Å²) in [6.45, 7) is 3.37. The second kappa shape index (κ2) is 7.49. The number of hydrogen-bond acceptors (Lipinski definition) is 5. The third-order valence-electron chi connectivity index (χ3n) is 5.45. The van der Waals surface area contributed by atoms with Gasteiger partial charge in [-0.3, -0.25) is 19.5 Å². The summed E-state index contributed by atoms with van der Waals surface area (Å²) in [6, 6.07) is 3.80. The number of carbonyl (C=O) groups excluding carboxylic acids is 1. The van der Waals surface area contributed by atoms with Crippen LogP contribution in [0.15, 0.2) is 24.5 Å². The summed E-state index contributed by atoms with van der Waals surface area (Å²) in [7, 11) is 1.65. The number of aromatic nitrogens is 1. The highest BCUT2D eigenvalue weighted by molar-refractivity contribution is 5.81. The van der Waals surface area contributed by atoms with Gasteiger partial charge in [0.2, 0.25) is 5.91 Å². The number of fused-ring (bicyclic) bond motifs is 1. The lowest BCUT2D eigenvalue weighted by Crippen LogP contribution is -2.42. The third-order valence-corrected chi connectivity index (χ3v) is 5.45. The largest absolute Gasteiger partial charge is 0.481 e. The first kappa shape index (κ1) is 17.8. The molecule has 0 bridgehead atoms. The van der Waals surface area contributed by atoms with E-state index < -0.39 is 11.4 Å². The number of carboxylic acid groups (broad SMARTS) is 1. The van der Waals surface area contributed by atoms with Crippen molar-refractivity contribution in [1.29, 1.82) is 0 Å². The molecule has 0 spiro atoms. The van der Waals surface area contributed by atoms with Gasteiger partial charge in [-0.1, -0.05) is 0 Å². The highest BCUT2D eigenvalue weighted by Crippen LogP contribution is 2.42. The molecule has 7 nitrogen and oxygen atoms in total. The van der Waals surface area contributed by atoms with Crippen LogP contribution in [0.1, 0.15) is 12.0 Å². The number of aryl methyl sites for hydroxylation is 1. The standard InChI is InChI=1S/C18H25N3O4/c1-25-9-8-20-10-15-11-21(13-18(15,12-20)17(23)24)16(22)3-2-14-4-6-19-7-5-14/h4-7,15H,2-3,8-13H2,1H3,(H,23,24)/t15-,18-/m0/s1. The fourth-order valence-electron chi connectivity index (χ4n) is 4.01. The van der Waals surface area contributed by atoms with Gasteiger partial charge in [-0.15, -0.1) is 0 Å². The number of rotatable bonds is 7. The Morgan fingerprint density at radius 2 is 2.08 bits per heavy atom. The molecule has 1 N–H and O–H groups in total. The predicted octanol–water partition coefficient (Wildman–Crippen LogP) is 0.506. The first-order valence-electron chi connectivity index (χ1n) is 8.66. The molecule has 3 heterocycles. The molecule has 0 aromatic carbocycles. The topological polar surface area (TPSA) is 83.0 Å². The summed E-state index contributed by atoms with van der Waals surface area (Å²) >= 11 is 0. The maximum atomic E-state index is 12.6. The van der Waals surface area contributed by atoms with Crippen molar-refractivity contribution >= 4 is 11.9 Å². The summed E-state index contributed by atoms with van der Waals surface area (Å²) in [5.41, 5.74) is 0.238. The van der Waals surface area contributed by atoms with Gasteiger partial charge in [0.05, 0.1) is 6.61 Å². The van der Waals surface area contributed by atoms with Crippen molar-refractivity contribution < 1.29 is 19.4 Å². The van der Waals surface area contributed by atoms with Gasteiger partial charge in [-0.25, -0.2) is 0 Å². The highest BCUT2D eigenvalue weighted by atomic mass is 16.5. The first-order valence-corrected chi connectivity index (χ1v) is 8.66. The van der Waals surface area contributed by atoms with E-state index in [9.17, 15) is 14.7 Å². The molecule has 1 aromatic heterocycles. The zero-order valence-corrected chi connectivity index (χ0v) is 14.6. The van der Waals surface area contributed by atoms with Gasteiger partial charge in [0.25, 0.3) is 0 Å². The van der Waals surface area contributed by atoms with Crippen LogP contribution in [0.3, 0.4) is 0 Å². The maximum Gasteiger partial charge on any atom is 0.313 e. The number of nitrogens with zero attached hydrogens (tertiary/aromatic N) is 3. The average molecular weight is 347 g/mol. The lowest BCUT2D eigenvalue weighted by Gasteiger charge is -2.25. The van der Waals surface area contributed by atoms with Crippen molar-refractivity contribution in [3.8, 4) is 0 Å². The maximum absolute atomic E-state index is 12.6. The van der Waals surface area contributed by atoms with Gasteiger partial charge in [0.1, 0.15) is 5.41 Å². The number of carboxylic acids is 1. The minimum absolute atomic E-state index is 0.00766. The zero-order chi connectivity index (χ0) is 17.9. The first-order chi connectivity index (χ1) is 12.0. The van der Waals surface area contributed by atoms with Crippen LogP contribution in [-0.4, -0.2) is 78.2 Å². The second-order valence-corrected chi connectivity index (χ2v) is 7.02. The van der Waals surface area contributed by atoms with Crippen molar-refractivity contribution in [2.75, 3.05) is 46.4 Å². The van der Waals surface area contributed by atoms with E-state index in [0.717, 1.165) is 12.1 Å². The Morgan fingerprint density at radius 1 is 1.32 bits per heavy atom. The molecule has 2 saturated heterocycles. The molecule has 0 saturated carbocycles. The molecular formula is C18H25N3O4. The van der Waals surface area contributed by atoms with Crippen LogP contribution in [0, 0.1) is 11.3 Å². The van der Waals surface area contributed by atoms with Gasteiger partial charge in [-0.05, 0) is 24.1 Å². The van der Waals surface area contributed by atoms with Crippen LogP contribution in [0.2, 0.25) is 0 Å². The van der Waals surface area contributed by atoms with E-state index in [1.165, 1.54) is 0 Å². The fraction of sp³-hybridized carbons (Fsp3) is 0.611. The molecule has 1 aromatic rings. The molecule has 2 aliphatic heterocycles. The van der Waals surface area contributed by atoms with Crippen molar-refractivity contribution in [3.05, 3.63) is 30.1 Å². The number of amides is 1. The Bertz CT molecular complexity index is 624. The van der Waals surface area contributed by atoms with E-state index in [-0.39, 0.29) is 11.8 Å². The van der Waals surface area contributed by atoms with E-state index in [4.69, 9.17) is 4.74 Å². The van der Waals surface area contributed by atoms with Crippen LogP contribution < -0.4 is 0 Å². The molecule has 0 aliphatic carbocycles. The summed E-state index contributed by atoms with van der Waals surface area (Å²) < 4.78 is 5.09. The van der Waals surface area contributed by atoms with Crippen LogP contribution >= 0.6 is 0 Å². The summed E-state index contributed by atoms with van der Waals surface area (Å²) in [6.07, 6.45) is 4.49. The molecule has 136 valence electrons. The lowest BCUT2D eigenvalue weighted by molar-refractivity contribution is -0.149. The number of pyridine rings is 1. The van der Waals surface area contributed by atoms with Crippen molar-refractivity contribution in [3.63, 3.8) is 0 Å². The number of hydrogen-bond donors (Lipinski definition) is 1. The van der Waals surface area contributed by atoms with Crippen LogP contribution in [0.25, 0.3) is 0 Å². The number of aliphatic carboxylic acids is 1. The molecule has 0 radical (unpaired) electrons. The molecule has 7 heteroatoms. The second-order valence-electron chi connectivity index (χ2n) is 7.02. The number of likely N-dealkylation sites (tertiary alicyclic amines) is 2. The Morgan fingerprint density at radius 3 is 2.72 bits per heavy atom. The fourth-order valence-corrected chi connectivity index (χ4v) is 4.01. The van der Waals surface area contributed by atoms with E-state index in [0.29, 0.717) is 45.6 Å². The molecule has 3 rings (SSSR count). The van der Waals surface area contributed by atoms with Crippen LogP contribution in [0.4, 0.5) is 0 Å². The average Bonchev–Trinajstić information content (AvgIpc) is 3.14. The smallest absolute Gasteiger partial charge is 0.313 e. The molecule has 2 atom stereocenters. The Balaban J connectivity index is 1.59. The van der Waals surface area contributed by atoms with Crippen LogP contribution in [-0.2, 0) is 20.7 Å². The molecule has 2 aliphatic rings. The molecule has 25 heavy (non-hydrogen) atoms. The van der Waals surface area contributed by atoms with Gasteiger partial charge in [0, 0.05) is 64.6 Å². The highest BCUT2D eigenvalue weighted by Gasteiger charge is 2.58. The zero-order valence-electron chi connectivity index (χ0n) is 14.6. The number of methoxy groups -OCH3 is 1. The normalized spacial score (nSPS) is 26.0. The minimum Gasteiger partial charge on any atom is -0.481 e. The Kier molecular flexibility index (Phi) is 5.34. The monoisotopic (exact) mass is 347 g/mol. The van der Waals surface area contributed by atoms with E-state index >= 15 is 0 Å². The third kappa shape index (κ3) is 3.67. The summed E-state index contributed by atoms with van der Waals surface area (Å²) in [5.74, 6) is -0.760. The molecule has 1 amide bonds. The number of carbonyl (C=O) groups is 2. The predicted molar refractivity (Wildman–Crippen MR) is 91.0 cm³/mol. The van der Waals surface area contributed by atoms with Gasteiger partial charge in [-0.2, -0.15) is 0 Å². The van der Waals surface area contributed by atoms with Gasteiger partial charge in [0.15, 0.2) is 0 Å². The van der Waals surface area contributed by atoms with Crippen molar-refractivity contribution in [1.82, 2.24) is 14.8 Å². The van der Waals surface area contributed by atoms with Crippen molar-refractivity contribution in [2.24, 2.45) is 11.3 Å². The van der Waals surface area contributed by atoms with Crippen LogP contribution in [0.5, 0.6) is 0 Å². The molecule has 2 fully saturated rings. The summed E-state index contributed by atoms with van der Waals surface area (Å²) in [4.78, 5) is 32.4. The molecule has 0 unspecified atom stereocenters. The van der Waals surface area contributed by atoms with Crippen molar-refractivity contribution in [2.45, 2.75) is 12.8 Å². The van der Waals surface area contributed by atoms with E-state index in [1.54, 1.807) is 24.4 Å².